The van der Waals surface area contributed by atoms with Gasteiger partial charge in [-0.1, -0.05) is 51.5 Å². The molecule has 10 heteroatoms. The molecule has 1 aromatic rings. The van der Waals surface area contributed by atoms with Gasteiger partial charge >= 0.3 is 0 Å². The molecule has 1 aromatic carbocycles. The van der Waals surface area contributed by atoms with Crippen molar-refractivity contribution < 1.29 is 28.6 Å². The highest BCUT2D eigenvalue weighted by Gasteiger charge is 2.09. The molecule has 0 aromatic heterocycles. The fourth-order valence-corrected chi connectivity index (χ4v) is 2.93. The molecule has 1 atom stereocenters. The van der Waals surface area contributed by atoms with Crippen molar-refractivity contribution in [2.45, 2.75) is 52.7 Å². The number of unbranched alkanes of at least 4 members (excludes halogenated alkanes) is 2. The highest BCUT2D eigenvalue weighted by atomic mass is 16.6. The number of ether oxygens (including phenoxy) is 3. The third-order valence-electron chi connectivity index (χ3n) is 4.81. The van der Waals surface area contributed by atoms with Gasteiger partial charge in [0.15, 0.2) is 0 Å². The number of benzene rings is 1. The van der Waals surface area contributed by atoms with Crippen molar-refractivity contribution in [3.63, 3.8) is 0 Å². The first kappa shape index (κ1) is 31.9. The van der Waals surface area contributed by atoms with Crippen LogP contribution in [0.4, 0.5) is 0 Å². The van der Waals surface area contributed by atoms with E-state index in [1.54, 1.807) is 24.3 Å². The van der Waals surface area contributed by atoms with E-state index in [-0.39, 0.29) is 50.1 Å². The minimum atomic E-state index is -0.706. The number of hydrogen-bond acceptors (Lipinski definition) is 7. The Morgan fingerprint density at radius 3 is 2.57 bits per heavy atom. The molecular weight excluding hydrogens is 476 g/mol. The summed E-state index contributed by atoms with van der Waals surface area (Å²) in [5, 5.41) is 8.22. The summed E-state index contributed by atoms with van der Waals surface area (Å²) in [7, 11) is 0. The lowest BCUT2D eigenvalue weighted by Crippen LogP contribution is -2.34. The monoisotopic (exact) mass is 518 g/mol. The van der Waals surface area contributed by atoms with Crippen LogP contribution in [0.2, 0.25) is 0 Å². The third kappa shape index (κ3) is 17.0. The molecule has 5 N–H and O–H groups in total. The van der Waals surface area contributed by atoms with Crippen molar-refractivity contribution in [3.05, 3.63) is 29.8 Å². The number of hydrogen-bond donors (Lipinski definition) is 4. The van der Waals surface area contributed by atoms with Gasteiger partial charge in [-0.25, -0.2) is 0 Å². The zero-order chi connectivity index (χ0) is 27.3. The van der Waals surface area contributed by atoms with E-state index >= 15 is 0 Å². The van der Waals surface area contributed by atoms with Crippen molar-refractivity contribution in [1.82, 2.24) is 16.0 Å². The van der Waals surface area contributed by atoms with Gasteiger partial charge in [0.25, 0.3) is 5.91 Å². The largest absolute Gasteiger partial charge is 0.489 e. The Kier molecular flexibility index (Phi) is 17.2. The van der Waals surface area contributed by atoms with E-state index in [0.29, 0.717) is 37.4 Å². The summed E-state index contributed by atoms with van der Waals surface area (Å²) in [5.41, 5.74) is 6.33. The molecule has 0 bridgehead atoms. The molecule has 0 spiro atoms. The molecule has 0 saturated carbocycles. The van der Waals surface area contributed by atoms with Crippen LogP contribution in [0.5, 0.6) is 5.75 Å². The summed E-state index contributed by atoms with van der Waals surface area (Å²) in [4.78, 5) is 35.7. The molecular formula is C27H42N4O6. The molecule has 0 aliphatic heterocycles. The van der Waals surface area contributed by atoms with Crippen LogP contribution in [-0.2, 0) is 19.1 Å². The van der Waals surface area contributed by atoms with Crippen LogP contribution in [0, 0.1) is 17.8 Å². The maximum atomic E-state index is 12.4. The van der Waals surface area contributed by atoms with Crippen LogP contribution in [0.1, 0.15) is 56.8 Å². The Morgan fingerprint density at radius 1 is 1.03 bits per heavy atom. The minimum absolute atomic E-state index is 0.00319. The fourth-order valence-electron chi connectivity index (χ4n) is 2.93. The van der Waals surface area contributed by atoms with E-state index < -0.39 is 6.23 Å². The van der Waals surface area contributed by atoms with Crippen molar-refractivity contribution in [3.8, 4) is 17.6 Å². The van der Waals surface area contributed by atoms with E-state index in [1.807, 2.05) is 13.8 Å². The van der Waals surface area contributed by atoms with Gasteiger partial charge in [-0.3, -0.25) is 14.4 Å². The molecule has 0 saturated heterocycles. The van der Waals surface area contributed by atoms with Gasteiger partial charge < -0.3 is 35.9 Å². The van der Waals surface area contributed by atoms with Gasteiger partial charge in [-0.05, 0) is 24.6 Å². The number of rotatable bonds is 18. The molecule has 3 amide bonds. The first-order chi connectivity index (χ1) is 17.8. The Morgan fingerprint density at radius 2 is 1.81 bits per heavy atom. The molecule has 0 fully saturated rings. The molecule has 1 unspecified atom stereocenters. The van der Waals surface area contributed by atoms with Gasteiger partial charge in [0.05, 0.1) is 19.8 Å². The second-order valence-electron chi connectivity index (χ2n) is 8.62. The number of amides is 3. The summed E-state index contributed by atoms with van der Waals surface area (Å²) in [6, 6.07) is 6.71. The van der Waals surface area contributed by atoms with Crippen LogP contribution >= 0.6 is 0 Å². The van der Waals surface area contributed by atoms with Gasteiger partial charge in [0.2, 0.25) is 11.8 Å². The Balaban J connectivity index is 2.20. The molecule has 1 rings (SSSR count). The average Bonchev–Trinajstić information content (AvgIpc) is 2.87. The number of carbonyl (C=O) groups excluding carboxylic acids is 3. The van der Waals surface area contributed by atoms with Crippen LogP contribution in [0.15, 0.2) is 24.3 Å². The topological polar surface area (TPSA) is 141 Å². The van der Waals surface area contributed by atoms with Gasteiger partial charge in [0, 0.05) is 31.0 Å². The lowest BCUT2D eigenvalue weighted by atomic mass is 10.2. The summed E-state index contributed by atoms with van der Waals surface area (Å²) in [6.45, 7) is 7.43. The highest BCUT2D eigenvalue weighted by molar-refractivity contribution is 5.94. The zero-order valence-corrected chi connectivity index (χ0v) is 22.3. The van der Waals surface area contributed by atoms with Crippen molar-refractivity contribution in [1.29, 1.82) is 0 Å². The van der Waals surface area contributed by atoms with Gasteiger partial charge in [0.1, 0.15) is 25.2 Å². The summed E-state index contributed by atoms with van der Waals surface area (Å²) in [6.07, 6.45) is 2.77. The van der Waals surface area contributed by atoms with Crippen molar-refractivity contribution in [2.75, 3.05) is 46.1 Å². The smallest absolute Gasteiger partial charge is 0.251 e. The summed E-state index contributed by atoms with van der Waals surface area (Å²) >= 11 is 0. The standard InChI is InChI=1S/C27H42N4O6/c1-4-5-6-12-25(32)30-14-15-31-27(34)22-10-7-11-23(18-22)37-19-24(28)36-17-16-35-20-26(33)29-13-8-9-21(2)3/h7,10-11,18,21,24H,4-6,12-17,19-20,28H2,1-3H3,(H,29,33)(H,30,32)(H,31,34). The van der Waals surface area contributed by atoms with Gasteiger partial charge in [-0.2, -0.15) is 0 Å². The van der Waals surface area contributed by atoms with E-state index in [9.17, 15) is 14.4 Å². The number of nitrogens with two attached hydrogens (primary N) is 1. The normalized spacial score (nSPS) is 11.3. The molecule has 0 radical (unpaired) electrons. The van der Waals surface area contributed by atoms with E-state index in [0.717, 1.165) is 19.3 Å². The maximum Gasteiger partial charge on any atom is 0.251 e. The predicted octanol–water partition coefficient (Wildman–Crippen LogP) is 1.59. The molecule has 37 heavy (non-hydrogen) atoms. The van der Waals surface area contributed by atoms with Crippen molar-refractivity contribution >= 4 is 17.7 Å². The van der Waals surface area contributed by atoms with E-state index in [1.165, 1.54) is 0 Å². The second kappa shape index (κ2) is 20.0. The fraction of sp³-hybridized carbons (Fsp3) is 0.593. The first-order valence-electron chi connectivity index (χ1n) is 12.8. The molecule has 0 heterocycles. The average molecular weight is 519 g/mol. The zero-order valence-electron chi connectivity index (χ0n) is 22.3. The van der Waals surface area contributed by atoms with Crippen molar-refractivity contribution in [2.24, 2.45) is 11.7 Å². The Hall–Kier alpha value is -3.13. The quantitative estimate of drug-likeness (QED) is 0.131. The van der Waals surface area contributed by atoms with Crippen LogP contribution in [-0.4, -0.2) is 70.0 Å². The van der Waals surface area contributed by atoms with Crippen LogP contribution in [0.3, 0.4) is 0 Å². The SMILES string of the molecule is CCCCCC(=O)NCCNC(=O)c1cccc(OCC(N)OCCOCC(=O)NCC#CC(C)C)c1. The lowest BCUT2D eigenvalue weighted by molar-refractivity contribution is -0.126. The summed E-state index contributed by atoms with van der Waals surface area (Å²) in [5.74, 6) is 6.04. The van der Waals surface area contributed by atoms with Gasteiger partial charge in [-0.15, -0.1) is 0 Å². The maximum absolute atomic E-state index is 12.4. The number of carbonyl (C=O) groups is 3. The predicted molar refractivity (Wildman–Crippen MR) is 142 cm³/mol. The minimum Gasteiger partial charge on any atom is -0.489 e. The third-order valence-corrected chi connectivity index (χ3v) is 4.81. The first-order valence-corrected chi connectivity index (χ1v) is 12.8. The molecule has 206 valence electrons. The molecule has 0 aliphatic carbocycles. The Labute approximate surface area is 220 Å². The molecule has 10 nitrogen and oxygen atoms in total. The lowest BCUT2D eigenvalue weighted by Gasteiger charge is -2.15. The van der Waals surface area contributed by atoms with Crippen LogP contribution in [0.25, 0.3) is 0 Å². The second-order valence-corrected chi connectivity index (χ2v) is 8.62. The summed E-state index contributed by atoms with van der Waals surface area (Å²) < 4.78 is 16.3. The van der Waals surface area contributed by atoms with Crippen LogP contribution < -0.4 is 26.4 Å². The van der Waals surface area contributed by atoms with E-state index in [4.69, 9.17) is 19.9 Å². The Bertz CT molecular complexity index is 881. The van der Waals surface area contributed by atoms with E-state index in [2.05, 4.69) is 34.7 Å². The highest BCUT2D eigenvalue weighted by Crippen LogP contribution is 2.13. The number of nitrogens with one attached hydrogen (secondary N) is 3. The molecule has 0 aliphatic rings.